The highest BCUT2D eigenvalue weighted by Crippen LogP contribution is 2.29. The fourth-order valence-corrected chi connectivity index (χ4v) is 2.56. The number of thiazole rings is 1. The summed E-state index contributed by atoms with van der Waals surface area (Å²) in [4.78, 5) is 4.41. The van der Waals surface area contributed by atoms with E-state index >= 15 is 0 Å². The predicted molar refractivity (Wildman–Crippen MR) is 74.8 cm³/mol. The third-order valence-electron chi connectivity index (χ3n) is 2.60. The van der Waals surface area contributed by atoms with Crippen LogP contribution in [0.15, 0.2) is 48.5 Å². The second-order valence-electron chi connectivity index (χ2n) is 3.98. The highest BCUT2D eigenvalue weighted by atomic mass is 32.1. The normalized spacial score (nSPS) is 10.7. The molecular formula is C14H12N2OS. The summed E-state index contributed by atoms with van der Waals surface area (Å²) < 4.78 is 6.74. The Morgan fingerprint density at radius 3 is 2.78 bits per heavy atom. The van der Waals surface area contributed by atoms with Crippen LogP contribution < -0.4 is 10.5 Å². The fraction of sp³-hybridized carbons (Fsp3) is 0.0714. The van der Waals surface area contributed by atoms with Crippen LogP contribution in [0.25, 0.3) is 10.2 Å². The molecule has 0 fully saturated rings. The molecule has 2 aromatic carbocycles. The molecule has 3 rings (SSSR count). The highest BCUT2D eigenvalue weighted by Gasteiger charge is 2.05. The molecule has 0 aliphatic rings. The van der Waals surface area contributed by atoms with Crippen LogP contribution in [0.3, 0.4) is 0 Å². The molecule has 3 nitrogen and oxygen atoms in total. The molecule has 1 aromatic heterocycles. The minimum absolute atomic E-state index is 0.538. The number of hydrogen-bond donors (Lipinski definition) is 1. The smallest absolute Gasteiger partial charge is 0.274 e. The second kappa shape index (κ2) is 4.66. The van der Waals surface area contributed by atoms with Gasteiger partial charge in [-0.05, 0) is 23.8 Å². The average Bonchev–Trinajstić information content (AvgIpc) is 2.79. The zero-order valence-electron chi connectivity index (χ0n) is 9.67. The lowest BCUT2D eigenvalue weighted by Crippen LogP contribution is -1.93. The van der Waals surface area contributed by atoms with E-state index in [1.807, 2.05) is 48.5 Å². The monoisotopic (exact) mass is 256 g/mol. The molecule has 0 aliphatic carbocycles. The van der Waals surface area contributed by atoms with Crippen LogP contribution in [0, 0.1) is 0 Å². The molecule has 1 heterocycles. The molecule has 0 amide bonds. The van der Waals surface area contributed by atoms with E-state index in [0.717, 1.165) is 21.5 Å². The SMILES string of the molecule is Nc1ccc2nc(OCc3ccccc3)sc2c1. The van der Waals surface area contributed by atoms with Crippen LogP contribution in [0.5, 0.6) is 5.19 Å². The average molecular weight is 256 g/mol. The van der Waals surface area contributed by atoms with Crippen molar-refractivity contribution in [1.29, 1.82) is 0 Å². The lowest BCUT2D eigenvalue weighted by molar-refractivity contribution is 0.305. The Morgan fingerprint density at radius 1 is 1.11 bits per heavy atom. The summed E-state index contributed by atoms with van der Waals surface area (Å²) in [5, 5.41) is 0.680. The van der Waals surface area contributed by atoms with Gasteiger partial charge in [-0.3, -0.25) is 0 Å². The minimum Gasteiger partial charge on any atom is -0.465 e. The zero-order valence-corrected chi connectivity index (χ0v) is 10.5. The Kier molecular flexibility index (Phi) is 2.86. The van der Waals surface area contributed by atoms with Crippen molar-refractivity contribution in [3.63, 3.8) is 0 Å². The second-order valence-corrected chi connectivity index (χ2v) is 4.97. The maximum atomic E-state index is 5.74. The molecule has 18 heavy (non-hydrogen) atoms. The van der Waals surface area contributed by atoms with Crippen molar-refractivity contribution < 1.29 is 4.74 Å². The summed E-state index contributed by atoms with van der Waals surface area (Å²) in [7, 11) is 0. The van der Waals surface area contributed by atoms with Crippen LogP contribution in [0.1, 0.15) is 5.56 Å². The summed E-state index contributed by atoms with van der Waals surface area (Å²) in [6.45, 7) is 0.538. The first kappa shape index (κ1) is 11.0. The van der Waals surface area contributed by atoms with E-state index in [2.05, 4.69) is 4.98 Å². The summed E-state index contributed by atoms with van der Waals surface area (Å²) in [6, 6.07) is 15.7. The van der Waals surface area contributed by atoms with E-state index in [1.54, 1.807) is 0 Å². The van der Waals surface area contributed by atoms with Crippen LogP contribution in [0.4, 0.5) is 5.69 Å². The topological polar surface area (TPSA) is 48.1 Å². The minimum atomic E-state index is 0.538. The number of anilines is 1. The summed E-state index contributed by atoms with van der Waals surface area (Å²) >= 11 is 1.52. The van der Waals surface area contributed by atoms with Gasteiger partial charge in [-0.1, -0.05) is 41.7 Å². The number of ether oxygens (including phenoxy) is 1. The molecule has 3 aromatic rings. The lowest BCUT2D eigenvalue weighted by atomic mass is 10.2. The van der Waals surface area contributed by atoms with E-state index in [4.69, 9.17) is 10.5 Å². The van der Waals surface area contributed by atoms with Gasteiger partial charge in [0.2, 0.25) is 0 Å². The number of hydrogen-bond acceptors (Lipinski definition) is 4. The van der Waals surface area contributed by atoms with Crippen molar-refractivity contribution in [2.75, 3.05) is 5.73 Å². The van der Waals surface area contributed by atoms with E-state index in [9.17, 15) is 0 Å². The number of benzene rings is 2. The molecule has 0 atom stereocenters. The van der Waals surface area contributed by atoms with Gasteiger partial charge in [0, 0.05) is 5.69 Å². The van der Waals surface area contributed by atoms with E-state index < -0.39 is 0 Å². The molecular weight excluding hydrogens is 244 g/mol. The van der Waals surface area contributed by atoms with Gasteiger partial charge < -0.3 is 10.5 Å². The predicted octanol–water partition coefficient (Wildman–Crippen LogP) is 3.46. The van der Waals surface area contributed by atoms with Gasteiger partial charge >= 0.3 is 0 Å². The molecule has 0 spiro atoms. The van der Waals surface area contributed by atoms with Crippen molar-refractivity contribution in [1.82, 2.24) is 4.98 Å². The molecule has 0 saturated carbocycles. The zero-order chi connectivity index (χ0) is 12.4. The molecule has 0 aliphatic heterocycles. The number of nitrogens with two attached hydrogens (primary N) is 1. The van der Waals surface area contributed by atoms with Crippen LogP contribution in [-0.2, 0) is 6.61 Å². The summed E-state index contributed by atoms with van der Waals surface area (Å²) in [5.41, 5.74) is 8.55. The Balaban J connectivity index is 1.79. The first-order valence-electron chi connectivity index (χ1n) is 5.64. The van der Waals surface area contributed by atoms with Crippen LogP contribution in [-0.4, -0.2) is 4.98 Å². The Labute approximate surface area is 109 Å². The number of nitrogens with zero attached hydrogens (tertiary/aromatic N) is 1. The van der Waals surface area contributed by atoms with Crippen LogP contribution in [0.2, 0.25) is 0 Å². The number of nitrogen functional groups attached to an aromatic ring is 1. The highest BCUT2D eigenvalue weighted by molar-refractivity contribution is 7.20. The van der Waals surface area contributed by atoms with Crippen LogP contribution >= 0.6 is 11.3 Å². The van der Waals surface area contributed by atoms with E-state index in [-0.39, 0.29) is 0 Å². The van der Waals surface area contributed by atoms with Gasteiger partial charge in [0.05, 0.1) is 10.2 Å². The third kappa shape index (κ3) is 2.28. The quantitative estimate of drug-likeness (QED) is 0.730. The fourth-order valence-electron chi connectivity index (χ4n) is 1.70. The van der Waals surface area contributed by atoms with Crippen molar-refractivity contribution in [2.24, 2.45) is 0 Å². The number of rotatable bonds is 3. The lowest BCUT2D eigenvalue weighted by Gasteiger charge is -2.01. The molecule has 0 radical (unpaired) electrons. The largest absolute Gasteiger partial charge is 0.465 e. The maximum absolute atomic E-state index is 5.74. The first-order valence-corrected chi connectivity index (χ1v) is 6.46. The standard InChI is InChI=1S/C14H12N2OS/c15-11-6-7-12-13(8-11)18-14(16-12)17-9-10-4-2-1-3-5-10/h1-8H,9,15H2. The maximum Gasteiger partial charge on any atom is 0.274 e. The summed E-state index contributed by atoms with van der Waals surface area (Å²) in [6.07, 6.45) is 0. The van der Waals surface area contributed by atoms with Crippen molar-refractivity contribution >= 4 is 27.2 Å². The Morgan fingerprint density at radius 2 is 1.94 bits per heavy atom. The summed E-state index contributed by atoms with van der Waals surface area (Å²) in [5.74, 6) is 0. The van der Waals surface area contributed by atoms with E-state index in [1.165, 1.54) is 11.3 Å². The third-order valence-corrected chi connectivity index (χ3v) is 3.53. The van der Waals surface area contributed by atoms with Crippen molar-refractivity contribution in [3.8, 4) is 5.19 Å². The Hall–Kier alpha value is -2.07. The van der Waals surface area contributed by atoms with Gasteiger partial charge in [0.25, 0.3) is 5.19 Å². The number of aromatic nitrogens is 1. The van der Waals surface area contributed by atoms with E-state index in [0.29, 0.717) is 11.8 Å². The van der Waals surface area contributed by atoms with Crippen molar-refractivity contribution in [3.05, 3.63) is 54.1 Å². The number of fused-ring (bicyclic) bond motifs is 1. The molecule has 0 bridgehead atoms. The molecule has 0 saturated heterocycles. The van der Waals surface area contributed by atoms with Gasteiger partial charge in [-0.15, -0.1) is 0 Å². The molecule has 4 heteroatoms. The first-order chi connectivity index (χ1) is 8.81. The molecule has 2 N–H and O–H groups in total. The van der Waals surface area contributed by atoms with Crippen molar-refractivity contribution in [2.45, 2.75) is 6.61 Å². The Bertz CT molecular complexity index is 664. The van der Waals surface area contributed by atoms with Gasteiger partial charge in [-0.2, -0.15) is 0 Å². The van der Waals surface area contributed by atoms with Gasteiger partial charge in [0.1, 0.15) is 6.61 Å². The van der Waals surface area contributed by atoms with Gasteiger partial charge in [0.15, 0.2) is 0 Å². The van der Waals surface area contributed by atoms with Gasteiger partial charge in [-0.25, -0.2) is 4.98 Å². The molecule has 0 unspecified atom stereocenters. The molecule has 90 valence electrons.